The van der Waals surface area contributed by atoms with Crippen LogP contribution in [0.25, 0.3) is 0 Å². The van der Waals surface area contributed by atoms with Gasteiger partial charge in [0.25, 0.3) is 0 Å². The van der Waals surface area contributed by atoms with Crippen molar-refractivity contribution in [3.8, 4) is 0 Å². The van der Waals surface area contributed by atoms with E-state index >= 15 is 0 Å². The molecule has 0 aliphatic heterocycles. The Bertz CT molecular complexity index is 236. The summed E-state index contributed by atoms with van der Waals surface area (Å²) in [5, 5.41) is 0. The Morgan fingerprint density at radius 2 is 2.06 bits per heavy atom. The molecule has 0 aromatic carbocycles. The highest BCUT2D eigenvalue weighted by Crippen LogP contribution is 2.30. The van der Waals surface area contributed by atoms with Crippen molar-refractivity contribution < 1.29 is 4.79 Å². The molecule has 17 heavy (non-hydrogen) atoms. The van der Waals surface area contributed by atoms with Gasteiger partial charge in [-0.05, 0) is 50.5 Å². The molecule has 0 saturated heterocycles. The summed E-state index contributed by atoms with van der Waals surface area (Å²) in [5.41, 5.74) is 5.75. The number of carbonyl (C=O) groups is 1. The molecule has 0 aromatic rings. The normalized spacial score (nSPS) is 17.2. The number of hydrogen-bond acceptors (Lipinski definition) is 2. The van der Waals surface area contributed by atoms with Crippen molar-refractivity contribution in [1.82, 2.24) is 4.90 Å². The first-order valence-electron chi connectivity index (χ1n) is 7.04. The van der Waals surface area contributed by atoms with Crippen LogP contribution in [0.5, 0.6) is 0 Å². The quantitative estimate of drug-likeness (QED) is 0.707. The Balaban J connectivity index is 2.37. The smallest absolute Gasteiger partial charge is 0.222 e. The lowest BCUT2D eigenvalue weighted by Crippen LogP contribution is -2.35. The fourth-order valence-electron chi connectivity index (χ4n) is 2.32. The molecule has 0 unspecified atom stereocenters. The maximum atomic E-state index is 12.2. The Kier molecular flexibility index (Phi) is 5.96. The van der Waals surface area contributed by atoms with E-state index in [2.05, 4.69) is 20.8 Å². The first-order valence-corrected chi connectivity index (χ1v) is 7.04. The first-order chi connectivity index (χ1) is 8.06. The highest BCUT2D eigenvalue weighted by molar-refractivity contribution is 5.76. The van der Waals surface area contributed by atoms with E-state index < -0.39 is 0 Å². The minimum absolute atomic E-state index is 0.301. The highest BCUT2D eigenvalue weighted by Gasteiger charge is 2.26. The average Bonchev–Trinajstić information content (AvgIpc) is 3.07. The molecule has 2 N–H and O–H groups in total. The standard InChI is InChI=1S/C14H28N2O/c1-4-16(10-12-5-6-12)14(17)8-13(9-15)7-11(2)3/h11-13H,4-10,15H2,1-3H3/t13-/m0/s1. The summed E-state index contributed by atoms with van der Waals surface area (Å²) >= 11 is 0. The van der Waals surface area contributed by atoms with E-state index in [-0.39, 0.29) is 0 Å². The van der Waals surface area contributed by atoms with E-state index in [0.29, 0.717) is 30.7 Å². The Morgan fingerprint density at radius 1 is 1.41 bits per heavy atom. The van der Waals surface area contributed by atoms with Crippen molar-refractivity contribution in [3.05, 3.63) is 0 Å². The van der Waals surface area contributed by atoms with Crippen LogP contribution in [0.1, 0.15) is 46.5 Å². The Labute approximate surface area is 106 Å². The van der Waals surface area contributed by atoms with Gasteiger partial charge in [-0.15, -0.1) is 0 Å². The van der Waals surface area contributed by atoms with Crippen LogP contribution in [-0.2, 0) is 4.79 Å². The van der Waals surface area contributed by atoms with E-state index in [1.165, 1.54) is 12.8 Å². The van der Waals surface area contributed by atoms with Crippen LogP contribution in [0.4, 0.5) is 0 Å². The van der Waals surface area contributed by atoms with Crippen molar-refractivity contribution in [2.75, 3.05) is 19.6 Å². The third kappa shape index (κ3) is 5.53. The number of rotatable bonds is 8. The van der Waals surface area contributed by atoms with E-state index in [1.54, 1.807) is 0 Å². The van der Waals surface area contributed by atoms with E-state index in [4.69, 9.17) is 5.73 Å². The second-order valence-corrected chi connectivity index (χ2v) is 5.81. The largest absolute Gasteiger partial charge is 0.343 e. The van der Waals surface area contributed by atoms with Crippen LogP contribution in [0.15, 0.2) is 0 Å². The molecule has 1 atom stereocenters. The molecule has 1 fully saturated rings. The molecule has 1 saturated carbocycles. The van der Waals surface area contributed by atoms with Gasteiger partial charge < -0.3 is 10.6 Å². The lowest BCUT2D eigenvalue weighted by atomic mass is 9.93. The van der Waals surface area contributed by atoms with Crippen molar-refractivity contribution in [2.45, 2.75) is 46.5 Å². The molecule has 0 radical (unpaired) electrons. The van der Waals surface area contributed by atoms with Crippen LogP contribution in [0, 0.1) is 17.8 Å². The number of amides is 1. The molecule has 1 aliphatic carbocycles. The second-order valence-electron chi connectivity index (χ2n) is 5.81. The van der Waals surface area contributed by atoms with Crippen LogP contribution in [0.3, 0.4) is 0 Å². The van der Waals surface area contributed by atoms with Crippen LogP contribution >= 0.6 is 0 Å². The molecule has 3 heteroatoms. The highest BCUT2D eigenvalue weighted by atomic mass is 16.2. The summed E-state index contributed by atoms with van der Waals surface area (Å²) in [6.45, 7) is 8.89. The summed E-state index contributed by atoms with van der Waals surface area (Å²) in [6.07, 6.45) is 4.30. The third-order valence-electron chi connectivity index (χ3n) is 3.51. The minimum Gasteiger partial charge on any atom is -0.343 e. The number of nitrogens with zero attached hydrogens (tertiary/aromatic N) is 1. The van der Waals surface area contributed by atoms with Crippen LogP contribution < -0.4 is 5.73 Å². The minimum atomic E-state index is 0.301. The molecule has 0 heterocycles. The molecule has 0 aromatic heterocycles. The number of carbonyl (C=O) groups excluding carboxylic acids is 1. The average molecular weight is 240 g/mol. The molecule has 3 nitrogen and oxygen atoms in total. The zero-order valence-electron chi connectivity index (χ0n) is 11.6. The zero-order chi connectivity index (χ0) is 12.8. The van der Waals surface area contributed by atoms with Crippen LogP contribution in [-0.4, -0.2) is 30.4 Å². The third-order valence-corrected chi connectivity index (χ3v) is 3.51. The summed E-state index contributed by atoms with van der Waals surface area (Å²) in [5.74, 6) is 2.06. The van der Waals surface area contributed by atoms with Gasteiger partial charge in [0, 0.05) is 19.5 Å². The lowest BCUT2D eigenvalue weighted by Gasteiger charge is -2.24. The van der Waals surface area contributed by atoms with Crippen molar-refractivity contribution in [1.29, 1.82) is 0 Å². The summed E-state index contributed by atoms with van der Waals surface area (Å²) < 4.78 is 0. The molecular weight excluding hydrogens is 212 g/mol. The summed E-state index contributed by atoms with van der Waals surface area (Å²) in [7, 11) is 0. The molecular formula is C14H28N2O. The zero-order valence-corrected chi connectivity index (χ0v) is 11.6. The van der Waals surface area contributed by atoms with Crippen molar-refractivity contribution in [2.24, 2.45) is 23.5 Å². The number of nitrogens with two attached hydrogens (primary N) is 1. The fraction of sp³-hybridized carbons (Fsp3) is 0.929. The maximum Gasteiger partial charge on any atom is 0.222 e. The summed E-state index contributed by atoms with van der Waals surface area (Å²) in [6, 6.07) is 0. The Morgan fingerprint density at radius 3 is 2.47 bits per heavy atom. The van der Waals surface area contributed by atoms with Gasteiger partial charge in [-0.1, -0.05) is 13.8 Å². The van der Waals surface area contributed by atoms with E-state index in [0.717, 1.165) is 25.4 Å². The van der Waals surface area contributed by atoms with Gasteiger partial charge >= 0.3 is 0 Å². The number of hydrogen-bond donors (Lipinski definition) is 1. The molecule has 1 rings (SSSR count). The molecule has 1 amide bonds. The topological polar surface area (TPSA) is 46.3 Å². The summed E-state index contributed by atoms with van der Waals surface area (Å²) in [4.78, 5) is 14.2. The Hall–Kier alpha value is -0.570. The molecule has 100 valence electrons. The van der Waals surface area contributed by atoms with E-state index in [1.807, 2.05) is 4.90 Å². The SMILES string of the molecule is CCN(CC1CC1)C(=O)C[C@@H](CN)CC(C)C. The van der Waals surface area contributed by atoms with Gasteiger partial charge in [0.1, 0.15) is 0 Å². The fourth-order valence-corrected chi connectivity index (χ4v) is 2.32. The van der Waals surface area contributed by atoms with Gasteiger partial charge in [0.05, 0.1) is 0 Å². The maximum absolute atomic E-state index is 12.2. The van der Waals surface area contributed by atoms with Crippen molar-refractivity contribution in [3.63, 3.8) is 0 Å². The van der Waals surface area contributed by atoms with Gasteiger partial charge in [0.2, 0.25) is 5.91 Å². The molecule has 0 spiro atoms. The van der Waals surface area contributed by atoms with Gasteiger partial charge in [-0.2, -0.15) is 0 Å². The first kappa shape index (κ1) is 14.5. The van der Waals surface area contributed by atoms with Crippen molar-refractivity contribution >= 4 is 5.91 Å². The van der Waals surface area contributed by atoms with Gasteiger partial charge in [0.15, 0.2) is 0 Å². The van der Waals surface area contributed by atoms with Gasteiger partial charge in [-0.25, -0.2) is 0 Å². The van der Waals surface area contributed by atoms with E-state index in [9.17, 15) is 4.79 Å². The van der Waals surface area contributed by atoms with Crippen LogP contribution in [0.2, 0.25) is 0 Å². The predicted octanol–water partition coefficient (Wildman–Crippen LogP) is 2.26. The monoisotopic (exact) mass is 240 g/mol. The van der Waals surface area contributed by atoms with Gasteiger partial charge in [-0.3, -0.25) is 4.79 Å². The molecule has 1 aliphatic rings. The lowest BCUT2D eigenvalue weighted by molar-refractivity contribution is -0.132. The predicted molar refractivity (Wildman–Crippen MR) is 71.6 cm³/mol. The molecule has 0 bridgehead atoms. The second kappa shape index (κ2) is 7.00.